The van der Waals surface area contributed by atoms with Crippen LogP contribution in [0, 0.1) is 6.92 Å². The van der Waals surface area contributed by atoms with Crippen LogP contribution < -0.4 is 9.80 Å². The average molecular weight is 451 g/mol. The summed E-state index contributed by atoms with van der Waals surface area (Å²) in [5.41, 5.74) is 15.4. The summed E-state index contributed by atoms with van der Waals surface area (Å²) in [6.07, 6.45) is 0. The third-order valence-electron chi connectivity index (χ3n) is 7.51. The van der Waals surface area contributed by atoms with Crippen LogP contribution >= 0.6 is 0 Å². The van der Waals surface area contributed by atoms with Crippen LogP contribution in [0.2, 0.25) is 0 Å². The van der Waals surface area contributed by atoms with Crippen LogP contribution in [0.1, 0.15) is 5.56 Å². The number of para-hydroxylation sites is 2. The van der Waals surface area contributed by atoms with E-state index in [1.54, 1.807) is 0 Å². The summed E-state index contributed by atoms with van der Waals surface area (Å²) < 4.78 is 0. The van der Waals surface area contributed by atoms with Gasteiger partial charge in [-0.2, -0.15) is 0 Å². The lowest BCUT2D eigenvalue weighted by Gasteiger charge is -2.30. The van der Waals surface area contributed by atoms with Gasteiger partial charge in [-0.05, 0) is 63.6 Å². The van der Waals surface area contributed by atoms with Gasteiger partial charge in [0.2, 0.25) is 0 Å². The first-order valence-corrected chi connectivity index (χ1v) is 12.2. The van der Waals surface area contributed by atoms with E-state index in [4.69, 9.17) is 0 Å². The van der Waals surface area contributed by atoms with Crippen LogP contribution in [0.3, 0.4) is 0 Å². The molecule has 0 saturated heterocycles. The molecule has 1 aliphatic heterocycles. The number of hydrogen-bond donors (Lipinski definition) is 0. The van der Waals surface area contributed by atoms with Crippen molar-refractivity contribution >= 4 is 17.1 Å². The van der Waals surface area contributed by atoms with E-state index in [-0.39, 0.29) is 0 Å². The zero-order valence-corrected chi connectivity index (χ0v) is 20.0. The number of hydrogen-bond acceptors (Lipinski definition) is 2. The molecule has 2 heteroatoms. The molecule has 0 radical (unpaired) electrons. The summed E-state index contributed by atoms with van der Waals surface area (Å²) in [6.45, 7) is 3.08. The Morgan fingerprint density at radius 2 is 0.943 bits per heavy atom. The molecule has 0 spiro atoms. The molecule has 0 fully saturated rings. The molecular formula is C33H26N2. The maximum absolute atomic E-state index is 2.50. The molecule has 7 rings (SSSR count). The summed E-state index contributed by atoms with van der Waals surface area (Å²) >= 11 is 0. The number of nitrogens with zero attached hydrogens (tertiary/aromatic N) is 2. The first kappa shape index (κ1) is 20.1. The summed E-state index contributed by atoms with van der Waals surface area (Å²) in [5.74, 6) is 0. The zero-order valence-electron chi connectivity index (χ0n) is 20.0. The van der Waals surface area contributed by atoms with E-state index in [1.165, 1.54) is 67.1 Å². The second kappa shape index (κ2) is 7.61. The van der Waals surface area contributed by atoms with Crippen LogP contribution in [0.25, 0.3) is 44.5 Å². The lowest BCUT2D eigenvalue weighted by atomic mass is 9.79. The Morgan fingerprint density at radius 3 is 1.54 bits per heavy atom. The van der Waals surface area contributed by atoms with Gasteiger partial charge in [0, 0.05) is 12.6 Å². The van der Waals surface area contributed by atoms with Crippen LogP contribution in [-0.2, 0) is 0 Å². The quantitative estimate of drug-likeness (QED) is 0.248. The van der Waals surface area contributed by atoms with Gasteiger partial charge in [-0.15, -0.1) is 0 Å². The number of anilines is 3. The monoisotopic (exact) mass is 450 g/mol. The second-order valence-electron chi connectivity index (χ2n) is 9.55. The van der Waals surface area contributed by atoms with E-state index in [1.807, 2.05) is 0 Å². The Bertz CT molecular complexity index is 1610. The molecule has 0 amide bonds. The molecular weight excluding hydrogens is 424 g/mol. The normalized spacial score (nSPS) is 13.2. The highest BCUT2D eigenvalue weighted by molar-refractivity contribution is 6.08. The molecule has 0 atom stereocenters. The minimum atomic E-state index is 0.830. The molecule has 168 valence electrons. The number of benzene rings is 5. The van der Waals surface area contributed by atoms with Crippen molar-refractivity contribution in [3.05, 3.63) is 115 Å². The molecule has 0 N–H and O–H groups in total. The predicted molar refractivity (Wildman–Crippen MR) is 148 cm³/mol. The van der Waals surface area contributed by atoms with Gasteiger partial charge in [0.25, 0.3) is 0 Å². The van der Waals surface area contributed by atoms with E-state index in [0.717, 1.165) is 6.67 Å². The largest absolute Gasteiger partial charge is 0.355 e. The van der Waals surface area contributed by atoms with Gasteiger partial charge >= 0.3 is 0 Å². The van der Waals surface area contributed by atoms with Gasteiger partial charge in [-0.3, -0.25) is 0 Å². The zero-order chi connectivity index (χ0) is 23.5. The fourth-order valence-corrected chi connectivity index (χ4v) is 5.95. The van der Waals surface area contributed by atoms with Crippen molar-refractivity contribution in [1.29, 1.82) is 0 Å². The summed E-state index contributed by atoms with van der Waals surface area (Å²) in [7, 11) is 2.18. The summed E-state index contributed by atoms with van der Waals surface area (Å²) in [5, 5.41) is 0. The minimum Gasteiger partial charge on any atom is -0.355 e. The molecule has 1 heterocycles. The number of fused-ring (bicyclic) bond motifs is 9. The lowest BCUT2D eigenvalue weighted by molar-refractivity contribution is 0.947. The van der Waals surface area contributed by atoms with Crippen LogP contribution in [0.15, 0.2) is 109 Å². The highest BCUT2D eigenvalue weighted by Gasteiger charge is 2.31. The van der Waals surface area contributed by atoms with E-state index in [2.05, 4.69) is 133 Å². The van der Waals surface area contributed by atoms with Crippen molar-refractivity contribution in [2.24, 2.45) is 0 Å². The number of aryl methyl sites for hydroxylation is 1. The lowest BCUT2D eigenvalue weighted by Crippen LogP contribution is -2.25. The third kappa shape index (κ3) is 2.90. The van der Waals surface area contributed by atoms with E-state index in [0.29, 0.717) is 0 Å². The second-order valence-corrected chi connectivity index (χ2v) is 9.55. The van der Waals surface area contributed by atoms with Crippen LogP contribution in [-0.4, -0.2) is 13.7 Å². The van der Waals surface area contributed by atoms with Crippen LogP contribution in [0.5, 0.6) is 0 Å². The Balaban J connectivity index is 1.63. The maximum Gasteiger partial charge on any atom is 0.0950 e. The van der Waals surface area contributed by atoms with E-state index in [9.17, 15) is 0 Å². The van der Waals surface area contributed by atoms with Crippen molar-refractivity contribution in [2.45, 2.75) is 6.92 Å². The van der Waals surface area contributed by atoms with Crippen LogP contribution in [0.4, 0.5) is 17.1 Å². The van der Waals surface area contributed by atoms with Gasteiger partial charge in [-0.1, -0.05) is 97.1 Å². The molecule has 1 aliphatic carbocycles. The van der Waals surface area contributed by atoms with Gasteiger partial charge in [0.1, 0.15) is 0 Å². The molecule has 5 aromatic carbocycles. The SMILES string of the molecule is Cc1ccc2c(c1N1CN(C)c3ccccc31)-c1ccccc1-c1ccccc1-c1ccccc1-2. The first-order valence-electron chi connectivity index (χ1n) is 12.2. The molecule has 0 unspecified atom stereocenters. The standard InChI is InChI=1S/C33H26N2/c1-22-19-20-29-27-15-6-5-13-25(27)23-11-3-4-12-24(23)26-14-7-8-16-28(26)32(29)33(22)35-21-34(2)30-17-9-10-18-31(30)35/h3-20H,21H2,1-2H3. The minimum absolute atomic E-state index is 0.830. The van der Waals surface area contributed by atoms with Gasteiger partial charge in [-0.25, -0.2) is 0 Å². The van der Waals surface area contributed by atoms with E-state index >= 15 is 0 Å². The third-order valence-corrected chi connectivity index (χ3v) is 7.51. The molecule has 0 saturated carbocycles. The Hall–Kier alpha value is -4.30. The van der Waals surface area contributed by atoms with Crippen molar-refractivity contribution in [1.82, 2.24) is 0 Å². The summed E-state index contributed by atoms with van der Waals surface area (Å²) in [4.78, 5) is 4.84. The fraction of sp³-hybridized carbons (Fsp3) is 0.0909. The molecule has 2 nitrogen and oxygen atoms in total. The molecule has 5 aromatic rings. The molecule has 35 heavy (non-hydrogen) atoms. The average Bonchev–Trinajstić information content (AvgIpc) is 3.24. The molecule has 2 aliphatic rings. The Kier molecular flexibility index (Phi) is 4.37. The Morgan fingerprint density at radius 1 is 0.486 bits per heavy atom. The Labute approximate surface area is 206 Å². The van der Waals surface area contributed by atoms with Crippen molar-refractivity contribution < 1.29 is 0 Å². The number of rotatable bonds is 1. The van der Waals surface area contributed by atoms with Crippen molar-refractivity contribution in [2.75, 3.05) is 23.5 Å². The smallest absolute Gasteiger partial charge is 0.0950 e. The highest BCUT2D eigenvalue weighted by Crippen LogP contribution is 2.53. The van der Waals surface area contributed by atoms with Gasteiger partial charge in [0.15, 0.2) is 0 Å². The van der Waals surface area contributed by atoms with Crippen molar-refractivity contribution in [3.63, 3.8) is 0 Å². The van der Waals surface area contributed by atoms with E-state index < -0.39 is 0 Å². The van der Waals surface area contributed by atoms with Gasteiger partial charge < -0.3 is 9.80 Å². The van der Waals surface area contributed by atoms with Crippen molar-refractivity contribution in [3.8, 4) is 44.5 Å². The topological polar surface area (TPSA) is 6.48 Å². The molecule has 0 bridgehead atoms. The maximum atomic E-state index is 2.50. The van der Waals surface area contributed by atoms with Gasteiger partial charge in [0.05, 0.1) is 23.7 Å². The highest BCUT2D eigenvalue weighted by atomic mass is 15.4. The summed E-state index contributed by atoms with van der Waals surface area (Å²) in [6, 6.07) is 40.0. The first-order chi connectivity index (χ1) is 17.2. The predicted octanol–water partition coefficient (Wildman–Crippen LogP) is 8.52. The fourth-order valence-electron chi connectivity index (χ4n) is 5.95. The molecule has 0 aromatic heterocycles.